The molecule has 0 aromatic heterocycles. The van der Waals surface area contributed by atoms with Crippen LogP contribution in [0, 0.1) is 56.2 Å². The highest BCUT2D eigenvalue weighted by Crippen LogP contribution is 2.77. The third-order valence-corrected chi connectivity index (χ3v) is 17.1. The third kappa shape index (κ3) is 5.82. The van der Waals surface area contributed by atoms with Gasteiger partial charge in [-0.3, -0.25) is 19.3 Å². The van der Waals surface area contributed by atoms with Gasteiger partial charge in [-0.1, -0.05) is 78.3 Å². The van der Waals surface area contributed by atoms with Gasteiger partial charge in [0.25, 0.3) is 0 Å². The molecular formula is C46H67NO6. The van der Waals surface area contributed by atoms with Crippen LogP contribution >= 0.6 is 0 Å². The number of carboxylic acid groups (broad SMARTS) is 1. The Kier molecular flexibility index (Phi) is 9.53. The summed E-state index contributed by atoms with van der Waals surface area (Å²) in [7, 11) is 0. The fourth-order valence-corrected chi connectivity index (χ4v) is 14.0. The molecule has 5 aliphatic carbocycles. The summed E-state index contributed by atoms with van der Waals surface area (Å²) in [4.78, 5) is 41.5. The molecular weight excluding hydrogens is 663 g/mol. The monoisotopic (exact) mass is 729 g/mol. The zero-order chi connectivity index (χ0) is 38.5. The number of rotatable bonds is 8. The van der Waals surface area contributed by atoms with E-state index in [1.807, 2.05) is 0 Å². The van der Waals surface area contributed by atoms with Gasteiger partial charge in [0, 0.05) is 36.9 Å². The average molecular weight is 730 g/mol. The molecule has 1 aromatic rings. The quantitative estimate of drug-likeness (QED) is 0.258. The molecule has 7 nitrogen and oxygen atoms in total. The number of hydrogen-bond acceptors (Lipinski definition) is 6. The number of allylic oxidation sites excluding steroid dienone is 1. The number of nitrogens with zero attached hydrogens (tertiary/aromatic N) is 1. The molecule has 2 N–H and O–H groups in total. The second-order valence-electron chi connectivity index (χ2n) is 20.8. The minimum Gasteiger partial charge on any atom is -0.481 e. The van der Waals surface area contributed by atoms with Gasteiger partial charge in [0.05, 0.1) is 17.9 Å². The van der Waals surface area contributed by atoms with Crippen molar-refractivity contribution in [3.63, 3.8) is 0 Å². The number of aliphatic hydroxyl groups is 1. The Balaban J connectivity index is 1.16. The number of aliphatic carboxylic acids is 1. The molecule has 0 amide bonds. The number of carboxylic acids is 1. The Morgan fingerprint density at radius 3 is 2.30 bits per heavy atom. The van der Waals surface area contributed by atoms with Crippen LogP contribution in [0.5, 0.6) is 0 Å². The van der Waals surface area contributed by atoms with Crippen molar-refractivity contribution in [2.24, 2.45) is 56.2 Å². The number of carbonyl (C=O) groups is 3. The van der Waals surface area contributed by atoms with Crippen molar-refractivity contribution in [1.29, 1.82) is 0 Å². The van der Waals surface area contributed by atoms with Crippen LogP contribution in [0.3, 0.4) is 0 Å². The fraction of sp³-hybridized carbons (Fsp3) is 0.761. The first-order valence-electron chi connectivity index (χ1n) is 20.9. The summed E-state index contributed by atoms with van der Waals surface area (Å²) in [6, 6.07) is 8.68. The van der Waals surface area contributed by atoms with Crippen LogP contribution in [0.4, 0.5) is 0 Å². The summed E-state index contributed by atoms with van der Waals surface area (Å²) < 4.78 is 6.18. The van der Waals surface area contributed by atoms with E-state index in [0.29, 0.717) is 24.8 Å². The molecule has 292 valence electrons. The number of ketones is 1. The molecule has 1 heterocycles. The van der Waals surface area contributed by atoms with Crippen molar-refractivity contribution in [2.75, 3.05) is 13.1 Å². The molecule has 0 spiro atoms. The predicted molar refractivity (Wildman–Crippen MR) is 207 cm³/mol. The molecule has 0 radical (unpaired) electrons. The Morgan fingerprint density at radius 1 is 0.925 bits per heavy atom. The number of aliphatic hydroxyl groups excluding tert-OH is 1. The van der Waals surface area contributed by atoms with Crippen LogP contribution in [0.1, 0.15) is 138 Å². The molecule has 4 saturated carbocycles. The van der Waals surface area contributed by atoms with E-state index in [2.05, 4.69) is 77.6 Å². The van der Waals surface area contributed by atoms with E-state index in [-0.39, 0.29) is 51.8 Å². The SMILES string of the molecule is CC(C)C1=C2[C@H]3CCC4[C@@]5(C)CC[C@H](OC(=O)CC(C)(C)C(=O)O)C(C)(C)C5CC[C@@]4(C)[C@]3(C)CC[C@@]2([C@H](O)CN2CCc3ccccc3C2)CC1=O. The van der Waals surface area contributed by atoms with Gasteiger partial charge in [0.15, 0.2) is 5.78 Å². The highest BCUT2D eigenvalue weighted by molar-refractivity contribution is 6.00. The molecule has 9 atom stereocenters. The molecule has 0 bridgehead atoms. The topological polar surface area (TPSA) is 104 Å². The maximum absolute atomic E-state index is 14.2. The van der Waals surface area contributed by atoms with Crippen molar-refractivity contribution in [1.82, 2.24) is 4.90 Å². The fourth-order valence-electron chi connectivity index (χ4n) is 14.0. The smallest absolute Gasteiger partial charge is 0.309 e. The van der Waals surface area contributed by atoms with E-state index in [1.165, 1.54) is 16.7 Å². The van der Waals surface area contributed by atoms with Crippen LogP contribution in [0.15, 0.2) is 35.4 Å². The lowest BCUT2D eigenvalue weighted by Crippen LogP contribution is -2.66. The molecule has 2 unspecified atom stereocenters. The summed E-state index contributed by atoms with van der Waals surface area (Å²) in [5.41, 5.74) is 3.41. The molecule has 7 heteroatoms. The van der Waals surface area contributed by atoms with Crippen LogP contribution in [-0.2, 0) is 32.1 Å². The number of hydrogen-bond donors (Lipinski definition) is 2. The Hall–Kier alpha value is -2.51. The summed E-state index contributed by atoms with van der Waals surface area (Å²) in [5.74, 6) is 0.169. The molecule has 7 rings (SSSR count). The van der Waals surface area contributed by atoms with E-state index in [1.54, 1.807) is 13.8 Å². The largest absolute Gasteiger partial charge is 0.481 e. The first-order chi connectivity index (χ1) is 24.7. The second-order valence-corrected chi connectivity index (χ2v) is 20.8. The van der Waals surface area contributed by atoms with Gasteiger partial charge < -0.3 is 14.9 Å². The van der Waals surface area contributed by atoms with Crippen molar-refractivity contribution in [2.45, 2.75) is 152 Å². The van der Waals surface area contributed by atoms with Crippen molar-refractivity contribution in [3.05, 3.63) is 46.5 Å². The van der Waals surface area contributed by atoms with Gasteiger partial charge >= 0.3 is 11.9 Å². The number of β-amino-alcohol motifs (C(OH)–C–C–N with tert-alkyl or cyclic N) is 1. The first-order valence-corrected chi connectivity index (χ1v) is 20.9. The number of benzene rings is 1. The van der Waals surface area contributed by atoms with Crippen LogP contribution in [0.25, 0.3) is 0 Å². The number of carbonyl (C=O) groups excluding carboxylic acids is 2. The van der Waals surface area contributed by atoms with Crippen molar-refractivity contribution in [3.8, 4) is 0 Å². The van der Waals surface area contributed by atoms with E-state index in [9.17, 15) is 24.6 Å². The molecule has 1 aliphatic heterocycles. The normalized spacial score (nSPS) is 38.7. The zero-order valence-corrected chi connectivity index (χ0v) is 34.1. The van der Waals surface area contributed by atoms with Crippen molar-refractivity contribution >= 4 is 17.7 Å². The van der Waals surface area contributed by atoms with Gasteiger partial charge in [0.1, 0.15) is 6.10 Å². The third-order valence-electron chi connectivity index (χ3n) is 17.1. The minimum absolute atomic E-state index is 0.00709. The highest BCUT2D eigenvalue weighted by Gasteiger charge is 2.71. The Labute approximate surface area is 318 Å². The summed E-state index contributed by atoms with van der Waals surface area (Å²) >= 11 is 0. The van der Waals surface area contributed by atoms with E-state index >= 15 is 0 Å². The Bertz CT molecular complexity index is 1690. The molecule has 1 aromatic carbocycles. The average Bonchev–Trinajstić information content (AvgIpc) is 3.39. The van der Waals surface area contributed by atoms with Crippen LogP contribution in [-0.4, -0.2) is 58.1 Å². The maximum Gasteiger partial charge on any atom is 0.309 e. The number of fused-ring (bicyclic) bond motifs is 8. The molecule has 0 saturated heterocycles. The predicted octanol–water partition coefficient (Wildman–Crippen LogP) is 8.80. The number of Topliss-reactive ketones (excluding diaryl/α,β-unsaturated/α-hetero) is 1. The minimum atomic E-state index is -1.16. The van der Waals surface area contributed by atoms with Gasteiger partial charge in [-0.15, -0.1) is 0 Å². The zero-order valence-electron chi connectivity index (χ0n) is 34.1. The van der Waals surface area contributed by atoms with E-state index in [4.69, 9.17) is 4.74 Å². The van der Waals surface area contributed by atoms with E-state index in [0.717, 1.165) is 76.5 Å². The summed E-state index contributed by atoms with van der Waals surface area (Å²) in [6.07, 6.45) is 8.49. The van der Waals surface area contributed by atoms with Crippen LogP contribution in [0.2, 0.25) is 0 Å². The van der Waals surface area contributed by atoms with E-state index < -0.39 is 28.9 Å². The maximum atomic E-state index is 14.2. The lowest BCUT2D eigenvalue weighted by molar-refractivity contribution is -0.235. The molecule has 6 aliphatic rings. The second kappa shape index (κ2) is 13.0. The molecule has 53 heavy (non-hydrogen) atoms. The standard InChI is InChI=1S/C46H67NO6/c1-28(2)38-32(48)24-46(35(49)27-47-23-18-29-12-10-11-13-30(29)26-47)22-21-44(8)31(39(38)46)14-15-34-43(7)19-17-36(53-37(50)25-41(3,4)40(51)52)42(5,6)33(43)16-20-45(34,44)9/h10-13,28,31,33-36,49H,14-27H2,1-9H3,(H,51,52)/t31-,33?,34?,35-,36+,43+,44-,45-,46+/m1/s1. The Morgan fingerprint density at radius 2 is 1.62 bits per heavy atom. The number of esters is 1. The summed E-state index contributed by atoms with van der Waals surface area (Å²) in [5, 5.41) is 22.1. The van der Waals surface area contributed by atoms with Gasteiger partial charge in [-0.05, 0) is 128 Å². The van der Waals surface area contributed by atoms with Gasteiger partial charge in [-0.2, -0.15) is 0 Å². The summed E-state index contributed by atoms with van der Waals surface area (Å²) in [6.45, 7) is 22.2. The number of ether oxygens (including phenoxy) is 1. The van der Waals surface area contributed by atoms with Gasteiger partial charge in [0.2, 0.25) is 0 Å². The first kappa shape index (κ1) is 38.8. The molecule has 4 fully saturated rings. The van der Waals surface area contributed by atoms with Crippen molar-refractivity contribution < 1.29 is 29.3 Å². The van der Waals surface area contributed by atoms with Crippen LogP contribution < -0.4 is 0 Å². The van der Waals surface area contributed by atoms with Gasteiger partial charge in [-0.25, -0.2) is 0 Å². The lowest BCUT2D eigenvalue weighted by Gasteiger charge is -2.72. The highest BCUT2D eigenvalue weighted by atomic mass is 16.5. The lowest BCUT2D eigenvalue weighted by atomic mass is 9.33.